The minimum atomic E-state index is -7.53. The third-order valence-corrected chi connectivity index (χ3v) is 4.79. The highest BCUT2D eigenvalue weighted by Gasteiger charge is 2.81. The summed E-state index contributed by atoms with van der Waals surface area (Å²) in [7, 11) is 0. The van der Waals surface area contributed by atoms with Crippen LogP contribution in [-0.2, 0) is 9.53 Å². The first kappa shape index (κ1) is 35.9. The third-order valence-electron chi connectivity index (χ3n) is 4.79. The van der Waals surface area contributed by atoms with Gasteiger partial charge in [0.1, 0.15) is 0 Å². The van der Waals surface area contributed by atoms with Crippen LogP contribution in [-0.4, -0.2) is 60.0 Å². The molecule has 1 unspecified atom stereocenters. The smallest absolute Gasteiger partial charge is 0.428 e. The Kier molecular flexibility index (Phi) is 10.3. The predicted octanol–water partition coefficient (Wildman–Crippen LogP) is 8.36. The highest BCUT2D eigenvalue weighted by molar-refractivity contribution is 5.87. The van der Waals surface area contributed by atoms with Crippen LogP contribution in [0.3, 0.4) is 0 Å². The van der Waals surface area contributed by atoms with Crippen LogP contribution in [0.25, 0.3) is 0 Å². The molecule has 226 valence electrons. The normalized spacial score (nSPS) is 15.9. The first-order valence-electron chi connectivity index (χ1n) is 9.60. The van der Waals surface area contributed by atoms with E-state index in [1.165, 1.54) is 0 Å². The average molecular weight is 606 g/mol. The summed E-state index contributed by atoms with van der Waals surface area (Å²) in [4.78, 5) is 11.0. The lowest BCUT2D eigenvalue weighted by Gasteiger charge is -2.35. The number of esters is 1. The molecule has 1 atom stereocenters. The van der Waals surface area contributed by atoms with E-state index in [-0.39, 0.29) is 0 Å². The summed E-state index contributed by atoms with van der Waals surface area (Å²) >= 11 is 0. The molecule has 0 saturated heterocycles. The zero-order valence-corrected chi connectivity index (χ0v) is 18.4. The number of carbonyl (C=O) groups is 1. The zero-order valence-electron chi connectivity index (χ0n) is 18.4. The van der Waals surface area contributed by atoms with Crippen LogP contribution in [0.5, 0.6) is 0 Å². The fourth-order valence-corrected chi connectivity index (χ4v) is 2.35. The van der Waals surface area contributed by atoms with E-state index in [9.17, 15) is 83.8 Å². The van der Waals surface area contributed by atoms with Gasteiger partial charge in [-0.15, -0.1) is 0 Å². The molecule has 38 heavy (non-hydrogen) atoms. The molecule has 0 aliphatic heterocycles. The maximum Gasteiger partial charge on any atom is 0.460 e. The molecule has 2 nitrogen and oxygen atoms in total. The van der Waals surface area contributed by atoms with Gasteiger partial charge in [0, 0.05) is 31.3 Å². The SMILES string of the molecule is C=C(C)C(=O)OC(F)CC(F)(F)C(F)(F)CCC(F)(F)C(F)(F)CCC(F)(F)C(F)(F)C(F)(F)C(F)(F)F. The largest absolute Gasteiger partial charge is 0.460 e. The first-order valence-corrected chi connectivity index (χ1v) is 9.60. The monoisotopic (exact) mass is 606 g/mol. The van der Waals surface area contributed by atoms with E-state index >= 15 is 0 Å². The summed E-state index contributed by atoms with van der Waals surface area (Å²) in [6.07, 6.45) is -26.2. The molecular weight excluding hydrogens is 590 g/mol. The molecule has 0 N–H and O–H groups in total. The number of hydrogen-bond donors (Lipinski definition) is 0. The van der Waals surface area contributed by atoms with Crippen LogP contribution in [0, 0.1) is 0 Å². The van der Waals surface area contributed by atoms with Gasteiger partial charge in [-0.25, -0.2) is 9.18 Å². The van der Waals surface area contributed by atoms with Gasteiger partial charge in [-0.2, -0.15) is 74.6 Å². The molecule has 0 rings (SSSR count). The van der Waals surface area contributed by atoms with Crippen molar-refractivity contribution >= 4 is 5.97 Å². The molecule has 0 radical (unpaired) electrons. The van der Waals surface area contributed by atoms with Gasteiger partial charge in [-0.05, 0) is 6.92 Å². The quantitative estimate of drug-likeness (QED) is 0.113. The van der Waals surface area contributed by atoms with Crippen molar-refractivity contribution in [2.75, 3.05) is 0 Å². The van der Waals surface area contributed by atoms with Crippen molar-refractivity contribution in [3.63, 3.8) is 0 Å². The molecule has 0 aromatic heterocycles. The summed E-state index contributed by atoms with van der Waals surface area (Å²) in [6, 6.07) is 0. The number of hydrogen-bond acceptors (Lipinski definition) is 2. The number of ether oxygens (including phenoxy) is 1. The van der Waals surface area contributed by atoms with Gasteiger partial charge in [0.25, 0.3) is 0 Å². The predicted molar refractivity (Wildman–Crippen MR) is 89.6 cm³/mol. The molecule has 0 heterocycles. The molecule has 0 saturated carbocycles. The second-order valence-electron chi connectivity index (χ2n) is 7.97. The van der Waals surface area contributed by atoms with E-state index < -0.39 is 97.6 Å². The molecule has 0 aliphatic carbocycles. The van der Waals surface area contributed by atoms with Gasteiger partial charge in [0.2, 0.25) is 6.36 Å². The summed E-state index contributed by atoms with van der Waals surface area (Å²) in [5, 5.41) is 0. The highest BCUT2D eigenvalue weighted by Crippen LogP contribution is 2.55. The second kappa shape index (κ2) is 10.8. The third kappa shape index (κ3) is 7.53. The molecular formula is C18H16F18O2. The van der Waals surface area contributed by atoms with Crippen LogP contribution in [0.4, 0.5) is 79.0 Å². The average Bonchev–Trinajstić information content (AvgIpc) is 2.69. The first-order chi connectivity index (χ1) is 16.4. The molecule has 20 heteroatoms. The molecule has 0 bridgehead atoms. The Morgan fingerprint density at radius 3 is 1.24 bits per heavy atom. The van der Waals surface area contributed by atoms with Crippen LogP contribution in [0.15, 0.2) is 12.2 Å². The molecule has 0 spiro atoms. The number of rotatable bonds is 14. The van der Waals surface area contributed by atoms with Gasteiger partial charge in [-0.1, -0.05) is 6.58 Å². The minimum Gasteiger partial charge on any atom is -0.428 e. The molecule has 0 aliphatic rings. The van der Waals surface area contributed by atoms with E-state index in [4.69, 9.17) is 0 Å². The van der Waals surface area contributed by atoms with E-state index in [2.05, 4.69) is 11.3 Å². The Bertz CT molecular complexity index is 845. The number of alkyl halides is 18. The minimum absolute atomic E-state index is 0.588. The van der Waals surface area contributed by atoms with Gasteiger partial charge < -0.3 is 4.74 Å². The Hall–Kier alpha value is -2.05. The maximum atomic E-state index is 13.7. The Morgan fingerprint density at radius 1 is 0.605 bits per heavy atom. The lowest BCUT2D eigenvalue weighted by molar-refractivity contribution is -0.398. The topological polar surface area (TPSA) is 26.3 Å². The van der Waals surface area contributed by atoms with Crippen molar-refractivity contribution in [1.29, 1.82) is 0 Å². The summed E-state index contributed by atoms with van der Waals surface area (Å²) in [5.41, 5.74) is -0.588. The fraction of sp³-hybridized carbons (Fsp3) is 0.833. The standard InChI is InChI=1S/C18H16F18O2/c1-8(2)10(37)38-9(19)7-15(28,29)13(24,25)4-3-11(20,21)12(22,23)5-6-14(26,27)16(30,31)17(32,33)18(34,35)36/h9H,1,3-7H2,2H3. The molecule has 0 fully saturated rings. The zero-order chi connectivity index (χ0) is 31.0. The van der Waals surface area contributed by atoms with Crippen LogP contribution < -0.4 is 0 Å². The van der Waals surface area contributed by atoms with E-state index in [0.29, 0.717) is 0 Å². The van der Waals surface area contributed by atoms with E-state index in [1.807, 2.05) is 0 Å². The van der Waals surface area contributed by atoms with Crippen molar-refractivity contribution in [1.82, 2.24) is 0 Å². The van der Waals surface area contributed by atoms with Crippen LogP contribution in [0.1, 0.15) is 39.0 Å². The van der Waals surface area contributed by atoms with Crippen molar-refractivity contribution < 1.29 is 88.6 Å². The maximum absolute atomic E-state index is 13.7. The van der Waals surface area contributed by atoms with E-state index in [1.54, 1.807) is 0 Å². The highest BCUT2D eigenvalue weighted by atomic mass is 19.4. The molecule has 0 amide bonds. The Morgan fingerprint density at radius 2 is 0.921 bits per heavy atom. The summed E-state index contributed by atoms with van der Waals surface area (Å²) < 4.78 is 241. The number of halogens is 18. The van der Waals surface area contributed by atoms with Gasteiger partial charge in [0.15, 0.2) is 0 Å². The van der Waals surface area contributed by atoms with Crippen molar-refractivity contribution in [2.45, 2.75) is 93.0 Å². The molecule has 0 aromatic rings. The fourth-order valence-electron chi connectivity index (χ4n) is 2.35. The second-order valence-corrected chi connectivity index (χ2v) is 7.97. The van der Waals surface area contributed by atoms with Crippen LogP contribution >= 0.6 is 0 Å². The Balaban J connectivity index is 5.55. The molecule has 0 aromatic carbocycles. The van der Waals surface area contributed by atoms with Crippen molar-refractivity contribution in [2.24, 2.45) is 0 Å². The lowest BCUT2D eigenvalue weighted by atomic mass is 9.93. The van der Waals surface area contributed by atoms with Crippen LogP contribution in [0.2, 0.25) is 0 Å². The number of carbonyl (C=O) groups excluding carboxylic acids is 1. The summed E-state index contributed by atoms with van der Waals surface area (Å²) in [6.45, 7) is 3.77. The summed E-state index contributed by atoms with van der Waals surface area (Å²) in [5.74, 6) is -46.9. The van der Waals surface area contributed by atoms with E-state index in [0.717, 1.165) is 6.92 Å². The van der Waals surface area contributed by atoms with Gasteiger partial charge in [0.05, 0.1) is 6.42 Å². The lowest BCUT2D eigenvalue weighted by Crippen LogP contribution is -2.61. The Labute approximate surface area is 201 Å². The van der Waals surface area contributed by atoms with Gasteiger partial charge >= 0.3 is 53.6 Å². The van der Waals surface area contributed by atoms with Crippen molar-refractivity contribution in [3.05, 3.63) is 12.2 Å². The van der Waals surface area contributed by atoms with Crippen molar-refractivity contribution in [3.8, 4) is 0 Å². The van der Waals surface area contributed by atoms with Gasteiger partial charge in [-0.3, -0.25) is 0 Å².